The maximum Gasteiger partial charge on any atom is 0.369 e. The Bertz CT molecular complexity index is 1040. The normalized spacial score (nSPS) is 13.1. The molecule has 0 spiro atoms. The van der Waals surface area contributed by atoms with Crippen molar-refractivity contribution in [1.29, 1.82) is 0 Å². The molecular formula is C18H18N2O8S. The lowest BCUT2D eigenvalue weighted by Gasteiger charge is -2.26. The van der Waals surface area contributed by atoms with Crippen LogP contribution in [0.25, 0.3) is 0 Å². The van der Waals surface area contributed by atoms with Gasteiger partial charge in [0, 0.05) is 12.6 Å². The molecule has 154 valence electrons. The zero-order valence-electron chi connectivity index (χ0n) is 15.1. The fraction of sp³-hybridized carbons (Fsp3) is 0.167. The van der Waals surface area contributed by atoms with Gasteiger partial charge in [0.1, 0.15) is 12.4 Å². The number of aliphatic carboxylic acids is 1. The Morgan fingerprint density at radius 3 is 2.55 bits per heavy atom. The van der Waals surface area contributed by atoms with Gasteiger partial charge in [-0.05, 0) is 30.3 Å². The number of carboxylic acids is 1. The van der Waals surface area contributed by atoms with Gasteiger partial charge in [0.2, 0.25) is 9.84 Å². The quantitative estimate of drug-likeness (QED) is 0.330. The Labute approximate surface area is 166 Å². The Kier molecular flexibility index (Phi) is 6.56. The fourth-order valence-electron chi connectivity index (χ4n) is 2.39. The number of nitrogens with two attached hydrogens (primary N) is 1. The number of carbonyl (C=O) groups is 1. The predicted molar refractivity (Wildman–Crippen MR) is 102 cm³/mol. The number of carboxylic acid groups (broad SMARTS) is 1. The maximum absolute atomic E-state index is 13.2. The summed E-state index contributed by atoms with van der Waals surface area (Å²) < 4.78 is 36.9. The predicted octanol–water partition coefficient (Wildman–Crippen LogP) is 1.75. The van der Waals surface area contributed by atoms with Crippen molar-refractivity contribution in [2.45, 2.75) is 9.83 Å². The molecule has 1 unspecified atom stereocenters. The van der Waals surface area contributed by atoms with Crippen LogP contribution in [-0.2, 0) is 14.6 Å². The summed E-state index contributed by atoms with van der Waals surface area (Å²) in [5, 5.41) is 20.9. The Morgan fingerprint density at radius 2 is 1.97 bits per heavy atom. The molecule has 0 saturated heterocycles. The molecule has 3 N–H and O–H groups in total. The van der Waals surface area contributed by atoms with E-state index >= 15 is 0 Å². The molecule has 0 fully saturated rings. The summed E-state index contributed by atoms with van der Waals surface area (Å²) >= 11 is 0. The number of nitro groups is 1. The third-order valence-electron chi connectivity index (χ3n) is 3.79. The molecule has 0 heterocycles. The van der Waals surface area contributed by atoms with E-state index in [-0.39, 0.29) is 18.9 Å². The lowest BCUT2D eigenvalue weighted by molar-refractivity contribution is -0.386. The average molecular weight is 422 g/mol. The van der Waals surface area contributed by atoms with Crippen LogP contribution in [-0.4, -0.2) is 42.5 Å². The number of benzene rings is 2. The van der Waals surface area contributed by atoms with Crippen molar-refractivity contribution in [3.05, 3.63) is 71.3 Å². The van der Waals surface area contributed by atoms with Crippen molar-refractivity contribution in [1.82, 2.24) is 0 Å². The van der Waals surface area contributed by atoms with Crippen molar-refractivity contribution >= 4 is 21.5 Å². The minimum atomic E-state index is -4.77. The van der Waals surface area contributed by atoms with Gasteiger partial charge < -0.3 is 20.3 Å². The van der Waals surface area contributed by atoms with Crippen LogP contribution in [0.15, 0.2) is 66.1 Å². The second kappa shape index (κ2) is 8.71. The highest BCUT2D eigenvalue weighted by molar-refractivity contribution is 7.93. The number of ether oxygens (including phenoxy) is 2. The minimum Gasteiger partial charge on any atom is -0.492 e. The highest BCUT2D eigenvalue weighted by Gasteiger charge is 2.53. The molecule has 0 amide bonds. The van der Waals surface area contributed by atoms with Gasteiger partial charge in [-0.1, -0.05) is 24.8 Å². The van der Waals surface area contributed by atoms with Crippen LogP contribution in [0.4, 0.5) is 5.69 Å². The first-order chi connectivity index (χ1) is 13.7. The fourth-order valence-corrected chi connectivity index (χ4v) is 3.92. The molecule has 0 aliphatic carbocycles. The van der Waals surface area contributed by atoms with Gasteiger partial charge in [-0.3, -0.25) is 10.1 Å². The van der Waals surface area contributed by atoms with Gasteiger partial charge >= 0.3 is 16.6 Å². The van der Waals surface area contributed by atoms with Crippen molar-refractivity contribution in [3.8, 4) is 11.5 Å². The van der Waals surface area contributed by atoms with Crippen molar-refractivity contribution in [2.75, 3.05) is 13.2 Å². The molecule has 0 aromatic heterocycles. The lowest BCUT2D eigenvalue weighted by atomic mass is 10.3. The van der Waals surface area contributed by atoms with E-state index in [1.165, 1.54) is 24.3 Å². The summed E-state index contributed by atoms with van der Waals surface area (Å²) in [7, 11) is -4.77. The standard InChI is InChI=1S/C18H18N2O8S/c1-2-18(17(21)22,28-16-9-4-3-8-15(16)20(23)24)29(25,26)14-7-5-6-13(12-14)27-11-10-19/h2-9,12H,1,10-11,19H2,(H,21,22). The smallest absolute Gasteiger partial charge is 0.369 e. The van der Waals surface area contributed by atoms with Gasteiger partial charge in [0.05, 0.1) is 9.82 Å². The largest absolute Gasteiger partial charge is 0.492 e. The Morgan fingerprint density at radius 1 is 1.28 bits per heavy atom. The second-order valence-electron chi connectivity index (χ2n) is 5.62. The molecule has 2 rings (SSSR count). The van der Waals surface area contributed by atoms with Gasteiger partial charge in [0.25, 0.3) is 0 Å². The number of nitrogens with zero attached hydrogens (tertiary/aromatic N) is 1. The van der Waals surface area contributed by atoms with Gasteiger partial charge in [-0.25, -0.2) is 13.2 Å². The summed E-state index contributed by atoms with van der Waals surface area (Å²) in [4.78, 5) is 18.9. The number of sulfone groups is 1. The van der Waals surface area contributed by atoms with Crippen LogP contribution in [0, 0.1) is 10.1 Å². The first-order valence-electron chi connectivity index (χ1n) is 8.16. The van der Waals surface area contributed by atoms with E-state index in [2.05, 4.69) is 6.58 Å². The third kappa shape index (κ3) is 4.20. The van der Waals surface area contributed by atoms with E-state index in [4.69, 9.17) is 15.2 Å². The number of para-hydroxylation sites is 2. The van der Waals surface area contributed by atoms with Crippen molar-refractivity contribution < 1.29 is 32.7 Å². The Balaban J connectivity index is 2.61. The summed E-state index contributed by atoms with van der Waals surface area (Å²) in [5.41, 5.74) is 4.74. The van der Waals surface area contributed by atoms with Crippen LogP contribution in [0.3, 0.4) is 0 Å². The summed E-state index contributed by atoms with van der Waals surface area (Å²) in [6.07, 6.45) is 0.564. The SMILES string of the molecule is C=CC(Oc1ccccc1[N+](=O)[O-])(C(=O)O)S(=O)(=O)c1cccc(OCCN)c1. The Hall–Kier alpha value is -3.44. The van der Waals surface area contributed by atoms with Gasteiger partial charge in [0.15, 0.2) is 5.75 Å². The molecule has 11 heteroatoms. The zero-order valence-corrected chi connectivity index (χ0v) is 15.9. The molecule has 1 atom stereocenters. The highest BCUT2D eigenvalue weighted by atomic mass is 32.2. The molecule has 0 aliphatic heterocycles. The van der Waals surface area contributed by atoms with Crippen molar-refractivity contribution in [3.63, 3.8) is 0 Å². The van der Waals surface area contributed by atoms with Gasteiger partial charge in [-0.2, -0.15) is 0 Å². The van der Waals surface area contributed by atoms with E-state index in [9.17, 15) is 28.4 Å². The average Bonchev–Trinajstić information content (AvgIpc) is 2.70. The number of rotatable bonds is 10. The van der Waals surface area contributed by atoms with E-state index in [0.29, 0.717) is 6.08 Å². The number of hydrogen-bond donors (Lipinski definition) is 2. The number of hydrogen-bond acceptors (Lipinski definition) is 8. The molecule has 0 aliphatic rings. The molecule has 2 aromatic carbocycles. The topological polar surface area (TPSA) is 159 Å². The van der Waals surface area contributed by atoms with E-state index in [1.807, 2.05) is 0 Å². The summed E-state index contributed by atoms with van der Waals surface area (Å²) in [6.45, 7) is 3.58. The van der Waals surface area contributed by atoms with E-state index < -0.39 is 42.0 Å². The molecule has 0 radical (unpaired) electrons. The molecule has 0 bridgehead atoms. The summed E-state index contributed by atoms with van der Waals surface area (Å²) in [5.74, 6) is -2.32. The third-order valence-corrected chi connectivity index (χ3v) is 5.89. The van der Waals surface area contributed by atoms with Crippen LogP contribution in [0.2, 0.25) is 0 Å². The first kappa shape index (κ1) is 21.9. The van der Waals surface area contributed by atoms with Crippen LogP contribution >= 0.6 is 0 Å². The monoisotopic (exact) mass is 422 g/mol. The molecule has 29 heavy (non-hydrogen) atoms. The highest BCUT2D eigenvalue weighted by Crippen LogP contribution is 2.36. The van der Waals surface area contributed by atoms with E-state index in [0.717, 1.165) is 24.3 Å². The molecule has 10 nitrogen and oxygen atoms in total. The second-order valence-corrected chi connectivity index (χ2v) is 7.70. The lowest BCUT2D eigenvalue weighted by Crippen LogP contribution is -2.50. The summed E-state index contributed by atoms with van der Waals surface area (Å²) in [6, 6.07) is 9.88. The first-order valence-corrected chi connectivity index (χ1v) is 9.65. The number of nitro benzene ring substituents is 1. The molecule has 2 aromatic rings. The van der Waals surface area contributed by atoms with Crippen LogP contribution in [0.1, 0.15) is 0 Å². The minimum absolute atomic E-state index is 0.113. The maximum atomic E-state index is 13.2. The zero-order chi connectivity index (χ0) is 21.7. The van der Waals surface area contributed by atoms with Crippen molar-refractivity contribution in [2.24, 2.45) is 5.73 Å². The molecule has 0 saturated carbocycles. The van der Waals surface area contributed by atoms with Crippen LogP contribution < -0.4 is 15.2 Å². The van der Waals surface area contributed by atoms with Gasteiger partial charge in [-0.15, -0.1) is 0 Å². The molecular weight excluding hydrogens is 404 g/mol. The van der Waals surface area contributed by atoms with Crippen LogP contribution in [0.5, 0.6) is 11.5 Å². The van der Waals surface area contributed by atoms with E-state index in [1.54, 1.807) is 0 Å².